The molecular weight excluding hydrogens is 351 g/mol. The predicted octanol–water partition coefficient (Wildman–Crippen LogP) is 3.20. The van der Waals surface area contributed by atoms with E-state index in [9.17, 15) is 27.5 Å². The van der Waals surface area contributed by atoms with Crippen LogP contribution in [0.3, 0.4) is 0 Å². The quantitative estimate of drug-likeness (QED) is 0.359. The number of rotatable bonds is 4. The first-order chi connectivity index (χ1) is 8.54. The fourth-order valence-electron chi connectivity index (χ4n) is 1.26. The average molecular weight is 360 g/mol. The van der Waals surface area contributed by atoms with Crippen molar-refractivity contribution in [1.82, 2.24) is 0 Å². The van der Waals surface area contributed by atoms with Gasteiger partial charge in [0.15, 0.2) is 0 Å². The highest BCUT2D eigenvalue weighted by Gasteiger charge is 2.37. The van der Waals surface area contributed by atoms with E-state index in [1.807, 2.05) is 0 Å². The summed E-state index contributed by atoms with van der Waals surface area (Å²) in [5, 5.41) is 10.8. The van der Waals surface area contributed by atoms with Crippen molar-refractivity contribution in [3.8, 4) is 0 Å². The summed E-state index contributed by atoms with van der Waals surface area (Å²) in [7, 11) is -2.28. The smallest absolute Gasteiger partial charge is 0.263 e. The Balaban J connectivity index is 3.08. The van der Waals surface area contributed by atoms with Gasteiger partial charge in [0.1, 0.15) is 5.75 Å². The van der Waals surface area contributed by atoms with Crippen LogP contribution in [0.15, 0.2) is 29.2 Å². The minimum atomic E-state index is -4.55. The van der Waals surface area contributed by atoms with Gasteiger partial charge in [0.2, 0.25) is 0 Å². The second-order valence-electron chi connectivity index (χ2n) is 3.84. The molecule has 9 heteroatoms. The molecule has 2 unspecified atom stereocenters. The molecule has 0 amide bonds. The number of alkyl halides is 4. The van der Waals surface area contributed by atoms with Gasteiger partial charge in [0, 0.05) is 38.2 Å². The monoisotopic (exact) mass is 359 g/mol. The van der Waals surface area contributed by atoms with E-state index in [1.54, 1.807) is 0 Å². The Hall–Kier alpha value is -0.960. The maximum atomic E-state index is 12.1. The molecule has 0 aromatic heterocycles. The zero-order valence-corrected chi connectivity index (χ0v) is 12.0. The van der Waals surface area contributed by atoms with Crippen molar-refractivity contribution in [3.05, 3.63) is 39.9 Å². The molecule has 0 aliphatic carbocycles. The normalized spacial score (nSPS) is 16.7. The van der Waals surface area contributed by atoms with Crippen LogP contribution in [0.5, 0.6) is 0 Å². The summed E-state index contributed by atoms with van der Waals surface area (Å²) < 4.78 is 46.3. The minimum Gasteiger partial charge on any atom is -0.263 e. The van der Waals surface area contributed by atoms with Gasteiger partial charge in [0.25, 0.3) is 4.45 Å². The van der Waals surface area contributed by atoms with Crippen LogP contribution < -0.4 is 0 Å². The molecule has 0 spiro atoms. The fraction of sp³-hybridized carbons (Fsp3) is 0.400. The fourth-order valence-corrected chi connectivity index (χ4v) is 2.46. The first-order valence-electron chi connectivity index (χ1n) is 4.93. The molecule has 4 nitrogen and oxygen atoms in total. The lowest BCUT2D eigenvalue weighted by Gasteiger charge is -2.15. The van der Waals surface area contributed by atoms with Gasteiger partial charge in [-0.05, 0) is 12.1 Å². The van der Waals surface area contributed by atoms with Crippen LogP contribution in [-0.2, 0) is 15.2 Å². The molecule has 1 aromatic rings. The largest absolute Gasteiger partial charge is 0.400 e. The lowest BCUT2D eigenvalue weighted by molar-refractivity contribution is -0.538. The molecule has 0 radical (unpaired) electrons. The molecule has 2 atom stereocenters. The number of halogens is 4. The van der Waals surface area contributed by atoms with Crippen molar-refractivity contribution in [3.63, 3.8) is 0 Å². The number of nitrogens with zero attached hydrogens (tertiary/aromatic N) is 1. The SMILES string of the molecule is CC(Br)(c1cccc(S(=O)CC(F)(F)F)c1)[N+](=O)[O-]. The van der Waals surface area contributed by atoms with Crippen molar-refractivity contribution in [2.45, 2.75) is 22.4 Å². The van der Waals surface area contributed by atoms with Crippen LogP contribution in [0.2, 0.25) is 0 Å². The van der Waals surface area contributed by atoms with E-state index in [0.29, 0.717) is 0 Å². The predicted molar refractivity (Wildman–Crippen MR) is 67.0 cm³/mol. The van der Waals surface area contributed by atoms with E-state index in [4.69, 9.17) is 0 Å². The molecule has 1 rings (SSSR count). The van der Waals surface area contributed by atoms with Crippen LogP contribution in [0.1, 0.15) is 12.5 Å². The highest BCUT2D eigenvalue weighted by molar-refractivity contribution is 9.09. The molecule has 0 fully saturated rings. The van der Waals surface area contributed by atoms with E-state index >= 15 is 0 Å². The Labute approximate surface area is 117 Å². The molecule has 1 aromatic carbocycles. The summed E-state index contributed by atoms with van der Waals surface area (Å²) >= 11 is 2.88. The molecule has 0 N–H and O–H groups in total. The zero-order valence-electron chi connectivity index (χ0n) is 9.61. The van der Waals surface area contributed by atoms with Crippen LogP contribution in [0.25, 0.3) is 0 Å². The van der Waals surface area contributed by atoms with Gasteiger partial charge in [-0.2, -0.15) is 13.2 Å². The van der Waals surface area contributed by atoms with E-state index in [1.165, 1.54) is 25.1 Å². The van der Waals surface area contributed by atoms with Gasteiger partial charge < -0.3 is 0 Å². The van der Waals surface area contributed by atoms with Crippen molar-refractivity contribution in [1.29, 1.82) is 0 Å². The van der Waals surface area contributed by atoms with Crippen molar-refractivity contribution < 1.29 is 22.3 Å². The van der Waals surface area contributed by atoms with Gasteiger partial charge in [-0.25, -0.2) is 0 Å². The lowest BCUT2D eigenvalue weighted by Crippen LogP contribution is -2.24. The third-order valence-electron chi connectivity index (χ3n) is 2.26. The van der Waals surface area contributed by atoms with E-state index in [-0.39, 0.29) is 10.5 Å². The summed E-state index contributed by atoms with van der Waals surface area (Å²) in [6, 6.07) is 5.10. The summed E-state index contributed by atoms with van der Waals surface area (Å²) in [5.74, 6) is -1.48. The molecule has 0 aliphatic rings. The number of benzene rings is 1. The maximum absolute atomic E-state index is 12.1. The summed E-state index contributed by atoms with van der Waals surface area (Å²) in [5.41, 5.74) is 0.130. The molecule has 106 valence electrons. The highest BCUT2D eigenvalue weighted by Crippen LogP contribution is 2.32. The van der Waals surface area contributed by atoms with Gasteiger partial charge in [0.05, 0.1) is 10.8 Å². The molecular formula is C10H9BrF3NO3S. The number of hydrogen-bond donors (Lipinski definition) is 0. The van der Waals surface area contributed by atoms with Crippen molar-refractivity contribution in [2.75, 3.05) is 5.75 Å². The third kappa shape index (κ3) is 4.27. The molecule has 0 heterocycles. The summed E-state index contributed by atoms with van der Waals surface area (Å²) in [4.78, 5) is 10.1. The third-order valence-corrected chi connectivity index (χ3v) is 4.38. The van der Waals surface area contributed by atoms with E-state index < -0.39 is 32.1 Å². The van der Waals surface area contributed by atoms with Crippen LogP contribution in [0, 0.1) is 10.1 Å². The van der Waals surface area contributed by atoms with Gasteiger partial charge in [-0.15, -0.1) is 0 Å². The number of nitro groups is 1. The summed E-state index contributed by atoms with van der Waals surface area (Å²) in [6.07, 6.45) is -4.55. The van der Waals surface area contributed by atoms with Crippen LogP contribution in [-0.4, -0.2) is 21.1 Å². The van der Waals surface area contributed by atoms with E-state index in [2.05, 4.69) is 15.9 Å². The molecule has 19 heavy (non-hydrogen) atoms. The lowest BCUT2D eigenvalue weighted by atomic mass is 10.1. The Bertz CT molecular complexity index is 519. The summed E-state index contributed by atoms with van der Waals surface area (Å²) in [6.45, 7) is 1.25. The Morgan fingerprint density at radius 2 is 2.00 bits per heavy atom. The number of hydrogen-bond acceptors (Lipinski definition) is 3. The first-order valence-corrected chi connectivity index (χ1v) is 7.04. The van der Waals surface area contributed by atoms with Crippen LogP contribution >= 0.6 is 15.9 Å². The standard InChI is InChI=1S/C10H9BrF3NO3S/c1-9(11,15(16)17)7-3-2-4-8(5-7)19(18)6-10(12,13)14/h2-5H,6H2,1H3. The second kappa shape index (κ2) is 5.58. The second-order valence-corrected chi connectivity index (χ2v) is 6.84. The Kier molecular flexibility index (Phi) is 4.72. The maximum Gasteiger partial charge on any atom is 0.400 e. The molecule has 0 saturated carbocycles. The van der Waals surface area contributed by atoms with Crippen molar-refractivity contribution in [2.24, 2.45) is 0 Å². The first kappa shape index (κ1) is 16.1. The molecule has 0 bridgehead atoms. The topological polar surface area (TPSA) is 60.2 Å². The molecule has 0 saturated heterocycles. The van der Waals surface area contributed by atoms with Gasteiger partial charge >= 0.3 is 6.18 Å². The minimum absolute atomic E-state index is 0.0950. The van der Waals surface area contributed by atoms with Crippen LogP contribution in [0.4, 0.5) is 13.2 Å². The average Bonchev–Trinajstić information content (AvgIpc) is 2.26. The molecule has 0 aliphatic heterocycles. The van der Waals surface area contributed by atoms with Gasteiger partial charge in [-0.3, -0.25) is 14.3 Å². The van der Waals surface area contributed by atoms with Crippen molar-refractivity contribution >= 4 is 26.7 Å². The highest BCUT2D eigenvalue weighted by atomic mass is 79.9. The van der Waals surface area contributed by atoms with E-state index in [0.717, 1.165) is 6.07 Å². The zero-order chi connectivity index (χ0) is 14.8. The Morgan fingerprint density at radius 3 is 2.47 bits per heavy atom. The Morgan fingerprint density at radius 1 is 1.42 bits per heavy atom. The van der Waals surface area contributed by atoms with Gasteiger partial charge in [-0.1, -0.05) is 12.1 Å².